The molecule has 0 aromatic heterocycles. The van der Waals surface area contributed by atoms with E-state index in [0.717, 1.165) is 0 Å². The van der Waals surface area contributed by atoms with E-state index in [2.05, 4.69) is 0 Å². The maximum absolute atomic E-state index is 11.0. The molecule has 0 spiro atoms. The number of amides is 1. The van der Waals surface area contributed by atoms with Crippen LogP contribution in [0.25, 0.3) is 0 Å². The van der Waals surface area contributed by atoms with Crippen LogP contribution in [-0.4, -0.2) is 22.7 Å². The quantitative estimate of drug-likeness (QED) is 0.641. The Morgan fingerprint density at radius 2 is 2.07 bits per heavy atom. The summed E-state index contributed by atoms with van der Waals surface area (Å²) in [5.74, 6) is -0.572. The van der Waals surface area contributed by atoms with Crippen LogP contribution in [0.15, 0.2) is 24.3 Å². The monoisotopic (exact) mass is 195 g/mol. The molecule has 0 aliphatic carbocycles. The third-order valence-electron chi connectivity index (χ3n) is 1.99. The topological polar surface area (TPSA) is 83.6 Å². The Labute approximate surface area is 82.0 Å². The van der Waals surface area contributed by atoms with Crippen molar-refractivity contribution in [3.05, 3.63) is 35.4 Å². The molecule has 0 unspecified atom stereocenters. The lowest BCUT2D eigenvalue weighted by Gasteiger charge is -2.12. The highest BCUT2D eigenvalue weighted by atomic mass is 16.3. The van der Waals surface area contributed by atoms with Gasteiger partial charge in [0.25, 0.3) is 0 Å². The van der Waals surface area contributed by atoms with Crippen molar-refractivity contribution >= 4 is 5.91 Å². The van der Waals surface area contributed by atoms with Crippen LogP contribution in [0.1, 0.15) is 28.4 Å². The number of carbonyl (C=O) groups is 1. The molecule has 1 amide bonds. The standard InChI is InChI=1S/C10H13NO3/c11-10(14)8-4-2-1-3-7(8)9(13)5-6-12/h1-4,9,12-13H,5-6H2,(H2,11,14)/t9-/m0/s1. The summed E-state index contributed by atoms with van der Waals surface area (Å²) in [4.78, 5) is 11.0. The number of primary amides is 1. The molecule has 1 aromatic carbocycles. The average Bonchev–Trinajstić information content (AvgIpc) is 2.18. The van der Waals surface area contributed by atoms with Crippen molar-refractivity contribution in [1.82, 2.24) is 0 Å². The lowest BCUT2D eigenvalue weighted by molar-refractivity contribution is 0.0984. The summed E-state index contributed by atoms with van der Waals surface area (Å²) in [5.41, 5.74) is 5.90. The average molecular weight is 195 g/mol. The molecule has 14 heavy (non-hydrogen) atoms. The Morgan fingerprint density at radius 1 is 1.43 bits per heavy atom. The van der Waals surface area contributed by atoms with Crippen LogP contribution in [-0.2, 0) is 0 Å². The van der Waals surface area contributed by atoms with Gasteiger partial charge in [-0.3, -0.25) is 4.79 Å². The smallest absolute Gasteiger partial charge is 0.249 e. The molecule has 0 saturated heterocycles. The number of hydrogen-bond donors (Lipinski definition) is 3. The number of aliphatic hydroxyl groups is 2. The number of aliphatic hydroxyl groups excluding tert-OH is 2. The highest BCUT2D eigenvalue weighted by molar-refractivity contribution is 5.94. The van der Waals surface area contributed by atoms with Crippen LogP contribution in [0, 0.1) is 0 Å². The van der Waals surface area contributed by atoms with Crippen molar-refractivity contribution in [2.45, 2.75) is 12.5 Å². The molecule has 0 aliphatic rings. The predicted octanol–water partition coefficient (Wildman–Crippen LogP) is 0.201. The Hall–Kier alpha value is -1.39. The minimum atomic E-state index is -0.844. The van der Waals surface area contributed by atoms with Crippen molar-refractivity contribution in [3.8, 4) is 0 Å². The fourth-order valence-electron chi connectivity index (χ4n) is 1.29. The Balaban J connectivity index is 3.00. The number of carbonyl (C=O) groups excluding carboxylic acids is 1. The molecule has 0 saturated carbocycles. The molecular formula is C10H13NO3. The number of benzene rings is 1. The van der Waals surface area contributed by atoms with Crippen LogP contribution in [0.5, 0.6) is 0 Å². The molecule has 0 aliphatic heterocycles. The second kappa shape index (κ2) is 4.74. The SMILES string of the molecule is NC(=O)c1ccccc1[C@@H](O)CCO. The summed E-state index contributed by atoms with van der Waals surface area (Å²) < 4.78 is 0. The largest absolute Gasteiger partial charge is 0.396 e. The van der Waals surface area contributed by atoms with E-state index in [0.29, 0.717) is 11.1 Å². The fourth-order valence-corrected chi connectivity index (χ4v) is 1.29. The van der Waals surface area contributed by atoms with Gasteiger partial charge < -0.3 is 15.9 Å². The van der Waals surface area contributed by atoms with Gasteiger partial charge in [-0.1, -0.05) is 18.2 Å². The molecule has 0 radical (unpaired) electrons. The third-order valence-corrected chi connectivity index (χ3v) is 1.99. The van der Waals surface area contributed by atoms with E-state index in [4.69, 9.17) is 10.8 Å². The fraction of sp³-hybridized carbons (Fsp3) is 0.300. The summed E-state index contributed by atoms with van der Waals surface area (Å²) >= 11 is 0. The van der Waals surface area contributed by atoms with Crippen molar-refractivity contribution < 1.29 is 15.0 Å². The summed E-state index contributed by atoms with van der Waals surface area (Å²) in [6.07, 6.45) is -0.645. The third kappa shape index (κ3) is 2.31. The summed E-state index contributed by atoms with van der Waals surface area (Å²) in [7, 11) is 0. The molecule has 4 nitrogen and oxygen atoms in total. The molecule has 0 heterocycles. The minimum absolute atomic E-state index is 0.131. The zero-order valence-corrected chi connectivity index (χ0v) is 7.68. The lowest BCUT2D eigenvalue weighted by Crippen LogP contribution is -2.15. The van der Waals surface area contributed by atoms with Crippen molar-refractivity contribution in [3.63, 3.8) is 0 Å². The first-order chi connectivity index (χ1) is 6.66. The molecule has 4 N–H and O–H groups in total. The van der Waals surface area contributed by atoms with E-state index in [9.17, 15) is 9.90 Å². The van der Waals surface area contributed by atoms with Gasteiger partial charge in [0.15, 0.2) is 0 Å². The van der Waals surface area contributed by atoms with Gasteiger partial charge in [0.05, 0.1) is 6.10 Å². The minimum Gasteiger partial charge on any atom is -0.396 e. The van der Waals surface area contributed by atoms with Gasteiger partial charge >= 0.3 is 0 Å². The van der Waals surface area contributed by atoms with E-state index >= 15 is 0 Å². The van der Waals surface area contributed by atoms with Gasteiger partial charge in [-0.05, 0) is 11.6 Å². The second-order valence-electron chi connectivity index (χ2n) is 2.98. The van der Waals surface area contributed by atoms with Crippen LogP contribution in [0.2, 0.25) is 0 Å². The zero-order chi connectivity index (χ0) is 10.6. The highest BCUT2D eigenvalue weighted by Crippen LogP contribution is 2.19. The molecule has 1 rings (SSSR count). The van der Waals surface area contributed by atoms with Gasteiger partial charge in [0.2, 0.25) is 5.91 Å². The lowest BCUT2D eigenvalue weighted by atomic mass is 10.0. The number of hydrogen-bond acceptors (Lipinski definition) is 3. The first-order valence-corrected chi connectivity index (χ1v) is 4.34. The molecule has 0 bridgehead atoms. The molecule has 0 fully saturated rings. The molecular weight excluding hydrogens is 182 g/mol. The molecule has 76 valence electrons. The maximum Gasteiger partial charge on any atom is 0.249 e. The van der Waals surface area contributed by atoms with Gasteiger partial charge in [-0.2, -0.15) is 0 Å². The number of rotatable bonds is 4. The van der Waals surface area contributed by atoms with Gasteiger partial charge in [-0.15, -0.1) is 0 Å². The van der Waals surface area contributed by atoms with E-state index in [1.54, 1.807) is 24.3 Å². The van der Waals surface area contributed by atoms with E-state index in [1.165, 1.54) is 0 Å². The molecule has 1 atom stereocenters. The normalized spacial score (nSPS) is 12.4. The van der Waals surface area contributed by atoms with Crippen molar-refractivity contribution in [2.75, 3.05) is 6.61 Å². The Morgan fingerprint density at radius 3 is 2.64 bits per heavy atom. The zero-order valence-electron chi connectivity index (χ0n) is 7.68. The van der Waals surface area contributed by atoms with Gasteiger partial charge in [-0.25, -0.2) is 0 Å². The van der Waals surface area contributed by atoms with Crippen molar-refractivity contribution in [2.24, 2.45) is 5.73 Å². The second-order valence-corrected chi connectivity index (χ2v) is 2.98. The molecule has 1 aromatic rings. The summed E-state index contributed by atoms with van der Waals surface area (Å²) in [6, 6.07) is 6.57. The summed E-state index contributed by atoms with van der Waals surface area (Å²) in [6.45, 7) is -0.131. The predicted molar refractivity (Wildman–Crippen MR) is 51.6 cm³/mol. The Bertz CT molecular complexity index is 325. The van der Waals surface area contributed by atoms with Crippen LogP contribution < -0.4 is 5.73 Å². The van der Waals surface area contributed by atoms with E-state index in [-0.39, 0.29) is 13.0 Å². The van der Waals surface area contributed by atoms with Crippen LogP contribution >= 0.6 is 0 Å². The summed E-state index contributed by atoms with van der Waals surface area (Å²) in [5, 5.41) is 18.2. The van der Waals surface area contributed by atoms with Crippen LogP contribution in [0.3, 0.4) is 0 Å². The highest BCUT2D eigenvalue weighted by Gasteiger charge is 2.14. The molecule has 4 heteroatoms. The van der Waals surface area contributed by atoms with Crippen LogP contribution in [0.4, 0.5) is 0 Å². The van der Waals surface area contributed by atoms with E-state index in [1.807, 2.05) is 0 Å². The van der Waals surface area contributed by atoms with Crippen molar-refractivity contribution in [1.29, 1.82) is 0 Å². The number of nitrogens with two attached hydrogens (primary N) is 1. The van der Waals surface area contributed by atoms with E-state index < -0.39 is 12.0 Å². The first-order valence-electron chi connectivity index (χ1n) is 4.34. The Kier molecular flexibility index (Phi) is 3.62. The van der Waals surface area contributed by atoms with Gasteiger partial charge in [0, 0.05) is 18.6 Å². The first kappa shape index (κ1) is 10.7. The van der Waals surface area contributed by atoms with Gasteiger partial charge in [0.1, 0.15) is 0 Å². The maximum atomic E-state index is 11.0.